The molecule has 0 aliphatic carbocycles. The summed E-state index contributed by atoms with van der Waals surface area (Å²) in [6.45, 7) is 2.89. The number of hydrogen-bond donors (Lipinski definition) is 0. The second-order valence-electron chi connectivity index (χ2n) is 6.85. The van der Waals surface area contributed by atoms with Gasteiger partial charge < -0.3 is 14.0 Å². The van der Waals surface area contributed by atoms with E-state index in [2.05, 4.69) is 23.6 Å². The van der Waals surface area contributed by atoms with Gasteiger partial charge in [-0.3, -0.25) is 0 Å². The SMILES string of the molecule is CCCC[C@H]1COC2OC(=O)C(c3cn(C)c4ccccc34)=C2C1. The zero-order valence-corrected chi connectivity index (χ0v) is 14.2. The summed E-state index contributed by atoms with van der Waals surface area (Å²) in [4.78, 5) is 12.5. The van der Waals surface area contributed by atoms with Gasteiger partial charge in [-0.05, 0) is 24.8 Å². The third-order valence-corrected chi connectivity index (χ3v) is 5.15. The topological polar surface area (TPSA) is 40.5 Å². The van der Waals surface area contributed by atoms with E-state index >= 15 is 0 Å². The van der Waals surface area contributed by atoms with Crippen LogP contribution in [0.5, 0.6) is 0 Å². The minimum absolute atomic E-state index is 0.248. The fourth-order valence-electron chi connectivity index (χ4n) is 3.90. The molecule has 2 aromatic rings. The summed E-state index contributed by atoms with van der Waals surface area (Å²) < 4.78 is 13.4. The molecule has 126 valence electrons. The fourth-order valence-corrected chi connectivity index (χ4v) is 3.90. The zero-order chi connectivity index (χ0) is 16.7. The molecule has 0 saturated carbocycles. The predicted octanol–water partition coefficient (Wildman–Crippen LogP) is 4.04. The van der Waals surface area contributed by atoms with Crippen molar-refractivity contribution >= 4 is 22.4 Å². The normalized spacial score (nSPS) is 23.7. The first-order valence-corrected chi connectivity index (χ1v) is 8.79. The van der Waals surface area contributed by atoms with Gasteiger partial charge in [0.2, 0.25) is 6.29 Å². The quantitative estimate of drug-likeness (QED) is 0.797. The van der Waals surface area contributed by atoms with Gasteiger partial charge in [-0.1, -0.05) is 38.0 Å². The molecular formula is C20H23NO3. The van der Waals surface area contributed by atoms with Crippen molar-refractivity contribution in [3.8, 4) is 0 Å². The monoisotopic (exact) mass is 325 g/mol. The first kappa shape index (κ1) is 15.5. The lowest BCUT2D eigenvalue weighted by Crippen LogP contribution is -2.27. The van der Waals surface area contributed by atoms with Crippen LogP contribution in [0.1, 0.15) is 38.2 Å². The molecule has 2 aliphatic rings. The number of ether oxygens (including phenoxy) is 2. The second kappa shape index (κ2) is 6.10. The van der Waals surface area contributed by atoms with Crippen molar-refractivity contribution < 1.29 is 14.3 Å². The zero-order valence-electron chi connectivity index (χ0n) is 14.2. The van der Waals surface area contributed by atoms with Gasteiger partial charge in [0.15, 0.2) is 0 Å². The number of fused-ring (bicyclic) bond motifs is 2. The summed E-state index contributed by atoms with van der Waals surface area (Å²) in [5, 5.41) is 1.09. The summed E-state index contributed by atoms with van der Waals surface area (Å²) in [6, 6.07) is 8.17. The van der Waals surface area contributed by atoms with Crippen LogP contribution in [0.3, 0.4) is 0 Å². The molecule has 1 saturated heterocycles. The van der Waals surface area contributed by atoms with E-state index in [9.17, 15) is 4.79 Å². The van der Waals surface area contributed by atoms with Crippen molar-refractivity contribution in [3.63, 3.8) is 0 Å². The van der Waals surface area contributed by atoms with Gasteiger partial charge in [0.05, 0.1) is 12.2 Å². The number of hydrogen-bond acceptors (Lipinski definition) is 3. The number of carbonyl (C=O) groups excluding carboxylic acids is 1. The molecule has 2 aliphatic heterocycles. The molecule has 0 amide bonds. The summed E-state index contributed by atoms with van der Waals surface area (Å²) in [5.41, 5.74) is 3.84. The maximum absolute atomic E-state index is 12.5. The van der Waals surface area contributed by atoms with Crippen LogP contribution in [0.4, 0.5) is 0 Å². The first-order valence-electron chi connectivity index (χ1n) is 8.79. The molecule has 3 heterocycles. The average Bonchev–Trinajstić information content (AvgIpc) is 3.09. The molecule has 1 unspecified atom stereocenters. The molecule has 0 spiro atoms. The van der Waals surface area contributed by atoms with E-state index in [0.717, 1.165) is 40.5 Å². The van der Waals surface area contributed by atoms with Crippen LogP contribution >= 0.6 is 0 Å². The lowest BCUT2D eigenvalue weighted by Gasteiger charge is -2.27. The van der Waals surface area contributed by atoms with Crippen LogP contribution in [0, 0.1) is 5.92 Å². The van der Waals surface area contributed by atoms with Gasteiger partial charge in [0, 0.05) is 35.3 Å². The minimum atomic E-state index is -0.482. The van der Waals surface area contributed by atoms with Gasteiger partial charge in [0.25, 0.3) is 0 Å². The van der Waals surface area contributed by atoms with Crippen molar-refractivity contribution in [1.29, 1.82) is 0 Å². The Bertz CT molecular complexity index is 817. The number of unbranched alkanes of at least 4 members (excludes halogenated alkanes) is 1. The van der Waals surface area contributed by atoms with E-state index in [1.54, 1.807) is 0 Å². The first-order chi connectivity index (χ1) is 11.7. The Morgan fingerprint density at radius 1 is 1.29 bits per heavy atom. The van der Waals surface area contributed by atoms with Crippen molar-refractivity contribution in [2.45, 2.75) is 38.9 Å². The Hall–Kier alpha value is -2.07. The summed E-state index contributed by atoms with van der Waals surface area (Å²) >= 11 is 0. The Balaban J connectivity index is 1.77. The van der Waals surface area contributed by atoms with Crippen LogP contribution < -0.4 is 0 Å². The molecule has 0 bridgehead atoms. The number of aromatic nitrogens is 1. The van der Waals surface area contributed by atoms with Gasteiger partial charge in [-0.2, -0.15) is 0 Å². The molecule has 24 heavy (non-hydrogen) atoms. The van der Waals surface area contributed by atoms with Crippen LogP contribution in [0.2, 0.25) is 0 Å². The highest BCUT2D eigenvalue weighted by molar-refractivity contribution is 6.23. The van der Waals surface area contributed by atoms with Crippen molar-refractivity contribution in [2.24, 2.45) is 13.0 Å². The lowest BCUT2D eigenvalue weighted by atomic mass is 9.89. The molecule has 0 radical (unpaired) electrons. The van der Waals surface area contributed by atoms with Crippen molar-refractivity contribution in [1.82, 2.24) is 4.57 Å². The van der Waals surface area contributed by atoms with Crippen LogP contribution in [0.25, 0.3) is 16.5 Å². The van der Waals surface area contributed by atoms with E-state index in [4.69, 9.17) is 9.47 Å². The highest BCUT2D eigenvalue weighted by Crippen LogP contribution is 2.41. The third-order valence-electron chi connectivity index (χ3n) is 5.15. The molecule has 4 nitrogen and oxygen atoms in total. The summed E-state index contributed by atoms with van der Waals surface area (Å²) in [6.07, 6.45) is 5.98. The van der Waals surface area contributed by atoms with Crippen molar-refractivity contribution in [3.05, 3.63) is 41.6 Å². The largest absolute Gasteiger partial charge is 0.428 e. The van der Waals surface area contributed by atoms with Gasteiger partial charge in [0.1, 0.15) is 0 Å². The van der Waals surface area contributed by atoms with E-state index in [0.29, 0.717) is 12.5 Å². The van der Waals surface area contributed by atoms with E-state index < -0.39 is 6.29 Å². The fraction of sp³-hybridized carbons (Fsp3) is 0.450. The molecule has 1 aromatic carbocycles. The number of nitrogens with zero attached hydrogens (tertiary/aromatic N) is 1. The number of rotatable bonds is 4. The molecule has 1 aromatic heterocycles. The molecular weight excluding hydrogens is 302 g/mol. The third kappa shape index (κ3) is 2.46. The van der Waals surface area contributed by atoms with E-state index in [1.165, 1.54) is 12.8 Å². The predicted molar refractivity (Wildman–Crippen MR) is 93.3 cm³/mol. The van der Waals surface area contributed by atoms with Gasteiger partial charge >= 0.3 is 5.97 Å². The standard InChI is InChI=1S/C20H23NO3/c1-3-4-7-13-10-15-18(19(22)24-20(15)23-12-13)16-11-21(2)17-9-6-5-8-14(16)17/h5-6,8-9,11,13,20H,3-4,7,10,12H2,1-2H3/t13-,20?/m1/s1. The number of aryl methyl sites for hydroxylation is 1. The smallest absolute Gasteiger partial charge is 0.341 e. The van der Waals surface area contributed by atoms with Crippen LogP contribution in [-0.4, -0.2) is 23.4 Å². The number of esters is 1. The van der Waals surface area contributed by atoms with Gasteiger partial charge in [-0.15, -0.1) is 0 Å². The minimum Gasteiger partial charge on any atom is -0.428 e. The van der Waals surface area contributed by atoms with Gasteiger partial charge in [-0.25, -0.2) is 4.79 Å². The summed E-state index contributed by atoms with van der Waals surface area (Å²) in [5.74, 6) is 0.234. The van der Waals surface area contributed by atoms with Crippen molar-refractivity contribution in [2.75, 3.05) is 6.61 Å². The lowest BCUT2D eigenvalue weighted by molar-refractivity contribution is -0.165. The Morgan fingerprint density at radius 2 is 2.12 bits per heavy atom. The second-order valence-corrected chi connectivity index (χ2v) is 6.85. The number of carbonyl (C=O) groups is 1. The van der Waals surface area contributed by atoms with Crippen LogP contribution in [-0.2, 0) is 21.3 Å². The Morgan fingerprint density at radius 3 is 2.96 bits per heavy atom. The maximum Gasteiger partial charge on any atom is 0.341 e. The highest BCUT2D eigenvalue weighted by atomic mass is 16.7. The number of benzene rings is 1. The van der Waals surface area contributed by atoms with E-state index in [1.807, 2.05) is 25.4 Å². The average molecular weight is 325 g/mol. The molecule has 2 atom stereocenters. The molecule has 1 fully saturated rings. The molecule has 4 heteroatoms. The number of para-hydroxylation sites is 1. The van der Waals surface area contributed by atoms with Crippen LogP contribution in [0.15, 0.2) is 36.0 Å². The Kier molecular flexibility index (Phi) is 3.93. The molecule has 0 N–H and O–H groups in total. The maximum atomic E-state index is 12.5. The molecule has 4 rings (SSSR count). The highest BCUT2D eigenvalue weighted by Gasteiger charge is 2.40. The Labute approximate surface area is 142 Å². The summed E-state index contributed by atoms with van der Waals surface area (Å²) in [7, 11) is 2.01. The van der Waals surface area contributed by atoms with E-state index in [-0.39, 0.29) is 5.97 Å².